The molecule has 5 heteroatoms. The Bertz CT molecular complexity index is 759. The van der Waals surface area contributed by atoms with Gasteiger partial charge in [-0.05, 0) is 30.7 Å². The van der Waals surface area contributed by atoms with E-state index in [1.807, 2.05) is 31.2 Å². The first kappa shape index (κ1) is 15.5. The lowest BCUT2D eigenvalue weighted by atomic mass is 10.1. The summed E-state index contributed by atoms with van der Waals surface area (Å²) < 4.78 is 24.8. The maximum absolute atomic E-state index is 12.4. The Morgan fingerprint density at radius 3 is 2.52 bits per heavy atom. The van der Waals surface area contributed by atoms with Crippen LogP contribution in [0.15, 0.2) is 52.5 Å². The largest absolute Gasteiger partial charge is 0.277 e. The Hall–Kier alpha value is -1.88. The number of fused-ring (bicyclic) bond motifs is 1. The van der Waals surface area contributed by atoms with Gasteiger partial charge in [-0.25, -0.2) is 4.83 Å². The molecule has 0 aliphatic heterocycles. The van der Waals surface area contributed by atoms with Crippen molar-refractivity contribution in [3.05, 3.63) is 42.5 Å². The van der Waals surface area contributed by atoms with Crippen LogP contribution in [-0.2, 0) is 10.0 Å². The number of hydrazone groups is 1. The maximum Gasteiger partial charge on any atom is 0.277 e. The van der Waals surface area contributed by atoms with Gasteiger partial charge in [0.1, 0.15) is 0 Å². The molecule has 0 atom stereocenters. The van der Waals surface area contributed by atoms with Crippen LogP contribution >= 0.6 is 0 Å². The number of sulfonamides is 1. The summed E-state index contributed by atoms with van der Waals surface area (Å²) in [7, 11) is -3.66. The topological polar surface area (TPSA) is 58.5 Å². The Morgan fingerprint density at radius 1 is 1.14 bits per heavy atom. The van der Waals surface area contributed by atoms with Gasteiger partial charge in [-0.1, -0.05) is 50.2 Å². The number of nitrogens with one attached hydrogen (secondary N) is 1. The molecule has 0 aromatic heterocycles. The van der Waals surface area contributed by atoms with Gasteiger partial charge in [-0.2, -0.15) is 13.5 Å². The molecule has 0 heterocycles. The standard InChI is InChI=1S/C16H20N2O2S/c1-12(2)11-13(3)17-18-21(19,20)16-10-6-8-14-7-4-5-9-15(14)16/h4-10,12,18H,11H2,1-3H3. The van der Waals surface area contributed by atoms with Crippen LogP contribution in [0.4, 0.5) is 0 Å². The number of benzene rings is 2. The zero-order valence-corrected chi connectivity index (χ0v) is 13.3. The molecule has 21 heavy (non-hydrogen) atoms. The number of rotatable bonds is 5. The van der Waals surface area contributed by atoms with Gasteiger partial charge in [0.15, 0.2) is 0 Å². The van der Waals surface area contributed by atoms with E-state index >= 15 is 0 Å². The van der Waals surface area contributed by atoms with Gasteiger partial charge >= 0.3 is 0 Å². The molecule has 4 nitrogen and oxygen atoms in total. The maximum atomic E-state index is 12.4. The van der Waals surface area contributed by atoms with Crippen LogP contribution in [0.1, 0.15) is 27.2 Å². The van der Waals surface area contributed by atoms with Crippen LogP contribution < -0.4 is 4.83 Å². The van der Waals surface area contributed by atoms with E-state index in [9.17, 15) is 8.42 Å². The molecule has 0 radical (unpaired) electrons. The molecular formula is C16H20N2O2S. The zero-order valence-electron chi connectivity index (χ0n) is 12.5. The average molecular weight is 304 g/mol. The van der Waals surface area contributed by atoms with Crippen molar-refractivity contribution < 1.29 is 8.42 Å². The summed E-state index contributed by atoms with van der Waals surface area (Å²) in [6.07, 6.45) is 0.762. The van der Waals surface area contributed by atoms with Crippen molar-refractivity contribution in [1.82, 2.24) is 4.83 Å². The van der Waals surface area contributed by atoms with Gasteiger partial charge in [0.05, 0.1) is 4.90 Å². The summed E-state index contributed by atoms with van der Waals surface area (Å²) in [6.45, 7) is 5.96. The lowest BCUT2D eigenvalue weighted by molar-refractivity contribution is 0.584. The lowest BCUT2D eigenvalue weighted by Gasteiger charge is -2.09. The molecule has 1 N–H and O–H groups in total. The average Bonchev–Trinajstić information content (AvgIpc) is 2.44. The summed E-state index contributed by atoms with van der Waals surface area (Å²) in [5, 5.41) is 5.59. The molecule has 0 saturated heterocycles. The summed E-state index contributed by atoms with van der Waals surface area (Å²) in [6, 6.07) is 12.6. The van der Waals surface area contributed by atoms with Gasteiger partial charge in [0, 0.05) is 11.1 Å². The highest BCUT2D eigenvalue weighted by atomic mass is 32.2. The Balaban J connectivity index is 2.35. The normalized spacial score (nSPS) is 12.9. The Morgan fingerprint density at radius 2 is 1.81 bits per heavy atom. The molecule has 2 aromatic rings. The van der Waals surface area contributed by atoms with Crippen LogP contribution in [0.5, 0.6) is 0 Å². The molecule has 0 saturated carbocycles. The van der Waals surface area contributed by atoms with Gasteiger partial charge < -0.3 is 0 Å². The van der Waals surface area contributed by atoms with Gasteiger partial charge in [0.2, 0.25) is 0 Å². The summed E-state index contributed by atoms with van der Waals surface area (Å²) in [5.74, 6) is 0.441. The van der Waals surface area contributed by atoms with Crippen LogP contribution in [0.25, 0.3) is 10.8 Å². The van der Waals surface area contributed by atoms with E-state index in [0.29, 0.717) is 11.3 Å². The molecule has 0 amide bonds. The smallest absolute Gasteiger partial charge is 0.200 e. The van der Waals surface area contributed by atoms with E-state index < -0.39 is 10.0 Å². The molecular weight excluding hydrogens is 284 g/mol. The van der Waals surface area contributed by atoms with Crippen molar-refractivity contribution >= 4 is 26.5 Å². The Labute approximate surface area is 125 Å². The number of nitrogens with zero attached hydrogens (tertiary/aromatic N) is 1. The van der Waals surface area contributed by atoms with E-state index in [2.05, 4.69) is 23.8 Å². The number of hydrogen-bond donors (Lipinski definition) is 1. The summed E-state index contributed by atoms with van der Waals surface area (Å²) in [4.78, 5) is 2.58. The molecule has 2 aromatic carbocycles. The third-order valence-electron chi connectivity index (χ3n) is 3.10. The second kappa shape index (κ2) is 6.26. The van der Waals surface area contributed by atoms with Crippen LogP contribution in [-0.4, -0.2) is 14.1 Å². The van der Waals surface area contributed by atoms with Crippen molar-refractivity contribution in [3.8, 4) is 0 Å². The van der Waals surface area contributed by atoms with Crippen molar-refractivity contribution in [3.63, 3.8) is 0 Å². The fourth-order valence-electron chi connectivity index (χ4n) is 2.25. The van der Waals surface area contributed by atoms with Crippen LogP contribution in [0, 0.1) is 5.92 Å². The minimum absolute atomic E-state index is 0.252. The van der Waals surface area contributed by atoms with Gasteiger partial charge in [-0.3, -0.25) is 0 Å². The quantitative estimate of drug-likeness (QED) is 0.678. The third-order valence-corrected chi connectivity index (χ3v) is 4.37. The minimum Gasteiger partial charge on any atom is -0.200 e. The fourth-order valence-corrected chi connectivity index (χ4v) is 3.36. The number of hydrogen-bond acceptors (Lipinski definition) is 3. The first-order valence-corrected chi connectivity index (χ1v) is 8.41. The second-order valence-electron chi connectivity index (χ2n) is 5.52. The zero-order chi connectivity index (χ0) is 15.5. The summed E-state index contributed by atoms with van der Waals surface area (Å²) >= 11 is 0. The molecule has 0 fully saturated rings. The molecule has 0 unspecified atom stereocenters. The molecule has 0 bridgehead atoms. The van der Waals surface area contributed by atoms with E-state index in [-0.39, 0.29) is 4.90 Å². The third kappa shape index (κ3) is 3.82. The van der Waals surface area contributed by atoms with Crippen LogP contribution in [0.3, 0.4) is 0 Å². The van der Waals surface area contributed by atoms with E-state index in [1.165, 1.54) is 0 Å². The van der Waals surface area contributed by atoms with Crippen molar-refractivity contribution in [2.75, 3.05) is 0 Å². The van der Waals surface area contributed by atoms with E-state index in [1.54, 1.807) is 18.2 Å². The van der Waals surface area contributed by atoms with E-state index in [4.69, 9.17) is 0 Å². The summed E-state index contributed by atoms with van der Waals surface area (Å²) in [5.41, 5.74) is 0.772. The van der Waals surface area contributed by atoms with Gasteiger partial charge in [0.25, 0.3) is 10.0 Å². The predicted octanol–water partition coefficient (Wildman–Crippen LogP) is 3.54. The molecule has 2 rings (SSSR count). The SMILES string of the molecule is CC(CC(C)C)=NNS(=O)(=O)c1cccc2ccccc12. The molecule has 0 aliphatic rings. The first-order valence-electron chi connectivity index (χ1n) is 6.93. The highest BCUT2D eigenvalue weighted by Gasteiger charge is 2.16. The highest BCUT2D eigenvalue weighted by Crippen LogP contribution is 2.22. The second-order valence-corrected chi connectivity index (χ2v) is 7.15. The lowest BCUT2D eigenvalue weighted by Crippen LogP contribution is -2.20. The van der Waals surface area contributed by atoms with Crippen LogP contribution in [0.2, 0.25) is 0 Å². The van der Waals surface area contributed by atoms with Crippen molar-refractivity contribution in [2.24, 2.45) is 11.0 Å². The molecule has 0 spiro atoms. The molecule has 112 valence electrons. The Kier molecular flexibility index (Phi) is 4.63. The van der Waals surface area contributed by atoms with Crippen molar-refractivity contribution in [1.29, 1.82) is 0 Å². The van der Waals surface area contributed by atoms with Gasteiger partial charge in [-0.15, -0.1) is 0 Å². The fraction of sp³-hybridized carbons (Fsp3) is 0.312. The minimum atomic E-state index is -3.66. The predicted molar refractivity (Wildman–Crippen MR) is 86.8 cm³/mol. The van der Waals surface area contributed by atoms with Crippen molar-refractivity contribution in [2.45, 2.75) is 32.1 Å². The monoisotopic (exact) mass is 304 g/mol. The first-order chi connectivity index (χ1) is 9.90. The molecule has 0 aliphatic carbocycles. The highest BCUT2D eigenvalue weighted by molar-refractivity contribution is 7.89. The van der Waals surface area contributed by atoms with E-state index in [0.717, 1.165) is 17.5 Å².